The first-order valence-electron chi connectivity index (χ1n) is 6.49. The zero-order valence-corrected chi connectivity index (χ0v) is 13.3. The van der Waals surface area contributed by atoms with E-state index in [2.05, 4.69) is 22.6 Å². The molecule has 0 spiro atoms. The quantitative estimate of drug-likeness (QED) is 0.567. The van der Waals surface area contributed by atoms with E-state index >= 15 is 0 Å². The van der Waals surface area contributed by atoms with Crippen LogP contribution in [-0.2, 0) is 4.74 Å². The van der Waals surface area contributed by atoms with Crippen LogP contribution in [-0.4, -0.2) is 33.6 Å². The second-order valence-electron chi connectivity index (χ2n) is 5.65. The second-order valence-corrected chi connectivity index (χ2v) is 6.73. The van der Waals surface area contributed by atoms with E-state index < -0.39 is 0 Å². The van der Waals surface area contributed by atoms with Crippen LogP contribution in [0, 0.1) is 0 Å². The number of hydrogen-bond donors (Lipinski definition) is 0. The minimum Gasteiger partial charge on any atom is -0.444 e. The zero-order valence-electron chi connectivity index (χ0n) is 11.2. The maximum Gasteiger partial charge on any atom is 0.410 e. The van der Waals surface area contributed by atoms with Crippen LogP contribution in [0.15, 0.2) is 0 Å². The molecule has 0 saturated carbocycles. The van der Waals surface area contributed by atoms with Crippen molar-refractivity contribution < 1.29 is 9.53 Å². The molecule has 0 radical (unpaired) electrons. The van der Waals surface area contributed by atoms with Crippen LogP contribution in [0.2, 0.25) is 0 Å². The second kappa shape index (κ2) is 6.81. The molecule has 0 aromatic heterocycles. The summed E-state index contributed by atoms with van der Waals surface area (Å²) in [7, 11) is 0. The molecule has 1 rings (SSSR count). The molecule has 1 heterocycles. The average Bonchev–Trinajstić information content (AvgIpc) is 2.24. The molecule has 1 aliphatic rings. The summed E-state index contributed by atoms with van der Waals surface area (Å²) in [6.45, 7) is 6.64. The van der Waals surface area contributed by atoms with Crippen molar-refractivity contribution in [1.82, 2.24) is 4.90 Å². The van der Waals surface area contributed by atoms with E-state index in [-0.39, 0.29) is 11.7 Å². The van der Waals surface area contributed by atoms with Gasteiger partial charge in [0, 0.05) is 12.6 Å². The Labute approximate surface area is 118 Å². The van der Waals surface area contributed by atoms with Gasteiger partial charge in [-0.25, -0.2) is 4.79 Å². The summed E-state index contributed by atoms with van der Waals surface area (Å²) in [4.78, 5) is 14.0. The number of nitrogens with zero attached hydrogens (tertiary/aromatic N) is 1. The lowest BCUT2D eigenvalue weighted by atomic mass is 9.99. The lowest BCUT2D eigenvalue weighted by Gasteiger charge is -2.36. The van der Waals surface area contributed by atoms with Crippen LogP contribution in [0.4, 0.5) is 4.79 Å². The molecule has 0 aromatic rings. The Bertz CT molecular complexity index is 250. The van der Waals surface area contributed by atoms with Crippen molar-refractivity contribution in [2.45, 2.75) is 64.5 Å². The van der Waals surface area contributed by atoms with E-state index in [9.17, 15) is 4.79 Å². The lowest BCUT2D eigenvalue weighted by Crippen LogP contribution is -2.46. The van der Waals surface area contributed by atoms with E-state index in [1.54, 1.807) is 0 Å². The van der Waals surface area contributed by atoms with Crippen molar-refractivity contribution in [1.29, 1.82) is 0 Å². The van der Waals surface area contributed by atoms with Gasteiger partial charge in [-0.15, -0.1) is 0 Å². The van der Waals surface area contributed by atoms with Crippen LogP contribution in [0.3, 0.4) is 0 Å². The molecule has 100 valence electrons. The third-order valence-electron chi connectivity index (χ3n) is 2.93. The summed E-state index contributed by atoms with van der Waals surface area (Å²) in [5, 5.41) is 0. The van der Waals surface area contributed by atoms with Gasteiger partial charge in [0.2, 0.25) is 0 Å². The number of piperidine rings is 1. The third kappa shape index (κ3) is 5.44. The Kier molecular flexibility index (Phi) is 6.03. The van der Waals surface area contributed by atoms with Crippen LogP contribution in [0.5, 0.6) is 0 Å². The normalized spacial score (nSPS) is 21.4. The fourth-order valence-electron chi connectivity index (χ4n) is 2.17. The molecule has 0 unspecified atom stereocenters. The standard InChI is InChI=1S/C13H24INO2/c1-13(2,3)17-12(16)15-10-5-4-7-11(15)8-6-9-14/h11H,4-10H2,1-3H3/t11-/m1/s1. The Morgan fingerprint density at radius 3 is 2.71 bits per heavy atom. The Balaban J connectivity index is 2.54. The Morgan fingerprint density at radius 1 is 1.41 bits per heavy atom. The minimum absolute atomic E-state index is 0.129. The molecule has 17 heavy (non-hydrogen) atoms. The van der Waals surface area contributed by atoms with Gasteiger partial charge in [-0.2, -0.15) is 0 Å². The number of alkyl halides is 1. The van der Waals surface area contributed by atoms with Gasteiger partial charge in [0.25, 0.3) is 0 Å². The largest absolute Gasteiger partial charge is 0.444 e. The molecule has 0 N–H and O–H groups in total. The molecule has 0 bridgehead atoms. The first-order chi connectivity index (χ1) is 7.94. The molecular weight excluding hydrogens is 329 g/mol. The molecule has 3 nitrogen and oxygen atoms in total. The first kappa shape index (κ1) is 15.1. The molecule has 4 heteroatoms. The van der Waals surface area contributed by atoms with Crippen molar-refractivity contribution in [3.05, 3.63) is 0 Å². The number of halogens is 1. The van der Waals surface area contributed by atoms with Crippen molar-refractivity contribution in [3.8, 4) is 0 Å². The lowest BCUT2D eigenvalue weighted by molar-refractivity contribution is 0.00886. The van der Waals surface area contributed by atoms with Gasteiger partial charge in [0.15, 0.2) is 0 Å². The summed E-state index contributed by atoms with van der Waals surface area (Å²) in [5.74, 6) is 0. The minimum atomic E-state index is -0.387. The maximum absolute atomic E-state index is 12.1. The number of ether oxygens (including phenoxy) is 1. The van der Waals surface area contributed by atoms with Crippen molar-refractivity contribution in [3.63, 3.8) is 0 Å². The summed E-state index contributed by atoms with van der Waals surface area (Å²) in [6.07, 6.45) is 5.66. The SMILES string of the molecule is CC(C)(C)OC(=O)N1CCCC[C@@H]1CCCI. The predicted molar refractivity (Wildman–Crippen MR) is 78.7 cm³/mol. The molecule has 1 aliphatic heterocycles. The fraction of sp³-hybridized carbons (Fsp3) is 0.923. The highest BCUT2D eigenvalue weighted by molar-refractivity contribution is 14.1. The fourth-order valence-corrected chi connectivity index (χ4v) is 2.61. The van der Waals surface area contributed by atoms with Gasteiger partial charge in [-0.05, 0) is 57.3 Å². The van der Waals surface area contributed by atoms with Crippen molar-refractivity contribution in [2.75, 3.05) is 11.0 Å². The van der Waals surface area contributed by atoms with Crippen LogP contribution < -0.4 is 0 Å². The maximum atomic E-state index is 12.1. The van der Waals surface area contributed by atoms with E-state index in [4.69, 9.17) is 4.74 Å². The number of likely N-dealkylation sites (tertiary alicyclic amines) is 1. The smallest absolute Gasteiger partial charge is 0.410 e. The highest BCUT2D eigenvalue weighted by Crippen LogP contribution is 2.23. The van der Waals surface area contributed by atoms with Gasteiger partial charge in [0.05, 0.1) is 0 Å². The van der Waals surface area contributed by atoms with Crippen LogP contribution in [0.1, 0.15) is 52.9 Å². The zero-order chi connectivity index (χ0) is 12.9. The predicted octanol–water partition coefficient (Wildman–Crippen LogP) is 3.99. The van der Waals surface area contributed by atoms with Gasteiger partial charge in [-0.3, -0.25) is 0 Å². The average molecular weight is 353 g/mol. The molecule has 0 aliphatic carbocycles. The summed E-state index contributed by atoms with van der Waals surface area (Å²) in [6, 6.07) is 0.397. The molecule has 1 atom stereocenters. The molecule has 0 aromatic carbocycles. The van der Waals surface area contributed by atoms with E-state index in [0.717, 1.165) is 30.2 Å². The number of hydrogen-bond acceptors (Lipinski definition) is 2. The van der Waals surface area contributed by atoms with Crippen LogP contribution in [0.25, 0.3) is 0 Å². The molecule has 1 fully saturated rings. The van der Waals surface area contributed by atoms with Crippen molar-refractivity contribution in [2.24, 2.45) is 0 Å². The molecule has 1 amide bonds. The molecule has 1 saturated heterocycles. The highest BCUT2D eigenvalue weighted by Gasteiger charge is 2.29. The number of rotatable bonds is 3. The van der Waals surface area contributed by atoms with Gasteiger partial charge < -0.3 is 9.64 Å². The number of carbonyl (C=O) groups excluding carboxylic acids is 1. The third-order valence-corrected chi connectivity index (χ3v) is 3.69. The van der Waals surface area contributed by atoms with E-state index in [1.165, 1.54) is 12.8 Å². The summed E-state index contributed by atoms with van der Waals surface area (Å²) in [5.41, 5.74) is -0.387. The number of carbonyl (C=O) groups is 1. The van der Waals surface area contributed by atoms with Gasteiger partial charge in [0.1, 0.15) is 5.60 Å². The van der Waals surface area contributed by atoms with Crippen molar-refractivity contribution >= 4 is 28.7 Å². The van der Waals surface area contributed by atoms with Crippen LogP contribution >= 0.6 is 22.6 Å². The number of amides is 1. The van der Waals surface area contributed by atoms with E-state index in [1.807, 2.05) is 25.7 Å². The highest BCUT2D eigenvalue weighted by atomic mass is 127. The molecular formula is C13H24INO2. The summed E-state index contributed by atoms with van der Waals surface area (Å²) >= 11 is 2.40. The topological polar surface area (TPSA) is 29.5 Å². The first-order valence-corrected chi connectivity index (χ1v) is 8.02. The van der Waals surface area contributed by atoms with Gasteiger partial charge in [-0.1, -0.05) is 22.6 Å². The Hall–Kier alpha value is 0. The monoisotopic (exact) mass is 353 g/mol. The van der Waals surface area contributed by atoms with Gasteiger partial charge >= 0.3 is 6.09 Å². The Morgan fingerprint density at radius 2 is 2.12 bits per heavy atom. The summed E-state index contributed by atoms with van der Waals surface area (Å²) < 4.78 is 6.64. The van der Waals surface area contributed by atoms with E-state index in [0.29, 0.717) is 6.04 Å².